The Balaban J connectivity index is 1.46. The molecule has 0 bridgehead atoms. The molecule has 0 saturated heterocycles. The van der Waals surface area contributed by atoms with Crippen molar-refractivity contribution in [3.8, 4) is 11.8 Å². The normalized spacial score (nSPS) is 18.4. The maximum absolute atomic E-state index is 12.8. The maximum Gasteiger partial charge on any atom is 0.234 e. The summed E-state index contributed by atoms with van der Waals surface area (Å²) in [5, 5.41) is 15.0. The molecule has 0 aliphatic heterocycles. The zero-order valence-electron chi connectivity index (χ0n) is 16.2. The number of para-hydroxylation sites is 1. The molecule has 0 spiro atoms. The summed E-state index contributed by atoms with van der Waals surface area (Å²) in [4.78, 5) is 19.2. The van der Waals surface area contributed by atoms with Crippen LogP contribution in [0.1, 0.15) is 56.7 Å². The van der Waals surface area contributed by atoms with Crippen molar-refractivity contribution in [1.29, 1.82) is 5.26 Å². The molecule has 0 unspecified atom stereocenters. The minimum atomic E-state index is -0.647. The number of benzene rings is 1. The lowest BCUT2D eigenvalue weighted by Gasteiger charge is -2.38. The first-order valence-corrected chi connectivity index (χ1v) is 10.9. The van der Waals surface area contributed by atoms with Crippen LogP contribution in [0.4, 0.5) is 0 Å². The van der Waals surface area contributed by atoms with Gasteiger partial charge >= 0.3 is 0 Å². The first kappa shape index (κ1) is 19.0. The lowest BCUT2D eigenvalue weighted by atomic mass is 9.81. The molecule has 28 heavy (non-hydrogen) atoms. The Labute approximate surface area is 169 Å². The van der Waals surface area contributed by atoms with Crippen LogP contribution in [0.2, 0.25) is 0 Å². The minimum Gasteiger partial charge on any atom is -0.326 e. The van der Waals surface area contributed by atoms with Gasteiger partial charge in [0.1, 0.15) is 11.4 Å². The first-order valence-electron chi connectivity index (χ1n) is 9.96. The average Bonchev–Trinajstić information content (AvgIpc) is 3.51. The quantitative estimate of drug-likeness (QED) is 0.693. The van der Waals surface area contributed by atoms with Gasteiger partial charge in [0.25, 0.3) is 0 Å². The summed E-state index contributed by atoms with van der Waals surface area (Å²) in [7, 11) is 1.77. The molecule has 1 aromatic carbocycles. The third-order valence-corrected chi connectivity index (χ3v) is 6.61. The third kappa shape index (κ3) is 3.79. The summed E-state index contributed by atoms with van der Waals surface area (Å²) < 4.78 is 1.91. The molecule has 0 N–H and O–H groups in total. The van der Waals surface area contributed by atoms with Crippen LogP contribution in [0, 0.1) is 11.3 Å². The van der Waals surface area contributed by atoms with Crippen molar-refractivity contribution in [2.24, 2.45) is 0 Å². The van der Waals surface area contributed by atoms with E-state index in [-0.39, 0.29) is 11.7 Å². The Morgan fingerprint density at radius 3 is 2.64 bits per heavy atom. The molecule has 4 rings (SSSR count). The number of nitriles is 1. The Morgan fingerprint density at radius 2 is 2.00 bits per heavy atom. The molecule has 146 valence electrons. The van der Waals surface area contributed by atoms with Gasteiger partial charge in [0.15, 0.2) is 0 Å². The lowest BCUT2D eigenvalue weighted by molar-refractivity contribution is -0.131. The van der Waals surface area contributed by atoms with E-state index in [0.717, 1.165) is 56.5 Å². The minimum absolute atomic E-state index is 0.0301. The number of amides is 1. The fraction of sp³-hybridized carbons (Fsp3) is 0.524. The van der Waals surface area contributed by atoms with Crippen LogP contribution in [0.15, 0.2) is 35.5 Å². The molecule has 1 aromatic heterocycles. The summed E-state index contributed by atoms with van der Waals surface area (Å²) >= 11 is 1.36. The molecule has 7 heteroatoms. The topological polar surface area (TPSA) is 74.8 Å². The molecule has 2 aliphatic carbocycles. The molecule has 2 saturated carbocycles. The number of rotatable bonds is 6. The second kappa shape index (κ2) is 7.96. The van der Waals surface area contributed by atoms with Crippen LogP contribution in [0.25, 0.3) is 5.69 Å². The molecule has 1 heterocycles. The van der Waals surface area contributed by atoms with Crippen LogP contribution in [0.5, 0.6) is 0 Å². The largest absolute Gasteiger partial charge is 0.326 e. The zero-order chi connectivity index (χ0) is 19.6. The molecule has 0 radical (unpaired) electrons. The van der Waals surface area contributed by atoms with Crippen LogP contribution in [-0.4, -0.2) is 43.9 Å². The predicted molar refractivity (Wildman–Crippen MR) is 108 cm³/mol. The van der Waals surface area contributed by atoms with Crippen molar-refractivity contribution >= 4 is 17.7 Å². The van der Waals surface area contributed by atoms with Gasteiger partial charge in [-0.05, 0) is 37.8 Å². The third-order valence-electron chi connectivity index (χ3n) is 5.79. The van der Waals surface area contributed by atoms with Crippen LogP contribution in [-0.2, 0) is 4.79 Å². The van der Waals surface area contributed by atoms with Crippen LogP contribution in [0.3, 0.4) is 0 Å². The van der Waals surface area contributed by atoms with Crippen molar-refractivity contribution in [3.63, 3.8) is 0 Å². The first-order chi connectivity index (χ1) is 13.6. The predicted octanol–water partition coefficient (Wildman–Crippen LogP) is 3.92. The molecule has 1 amide bonds. The van der Waals surface area contributed by atoms with E-state index < -0.39 is 5.54 Å². The lowest BCUT2D eigenvalue weighted by Crippen LogP contribution is -2.50. The summed E-state index contributed by atoms with van der Waals surface area (Å²) in [5.74, 6) is 1.67. The van der Waals surface area contributed by atoms with Crippen LogP contribution < -0.4 is 0 Å². The van der Waals surface area contributed by atoms with Gasteiger partial charge < -0.3 is 4.90 Å². The van der Waals surface area contributed by atoms with E-state index in [2.05, 4.69) is 11.2 Å². The Kier molecular flexibility index (Phi) is 5.40. The van der Waals surface area contributed by atoms with E-state index in [1.165, 1.54) is 11.8 Å². The highest BCUT2D eigenvalue weighted by Gasteiger charge is 2.39. The molecule has 2 fully saturated rings. The number of nitrogens with zero attached hydrogens (tertiary/aromatic N) is 5. The van der Waals surface area contributed by atoms with Crippen molar-refractivity contribution in [1.82, 2.24) is 19.7 Å². The number of hydrogen-bond acceptors (Lipinski definition) is 5. The summed E-state index contributed by atoms with van der Waals surface area (Å²) in [5.41, 5.74) is 0.351. The van der Waals surface area contributed by atoms with E-state index in [1.54, 1.807) is 11.9 Å². The smallest absolute Gasteiger partial charge is 0.234 e. The summed E-state index contributed by atoms with van der Waals surface area (Å²) in [6, 6.07) is 12.4. The van der Waals surface area contributed by atoms with E-state index >= 15 is 0 Å². The zero-order valence-corrected chi connectivity index (χ0v) is 17.0. The average molecular weight is 396 g/mol. The van der Waals surface area contributed by atoms with Gasteiger partial charge in [-0.2, -0.15) is 5.26 Å². The van der Waals surface area contributed by atoms with Gasteiger partial charge in [-0.25, -0.2) is 9.67 Å². The summed E-state index contributed by atoms with van der Waals surface area (Å²) in [6.07, 6.45) is 6.97. The maximum atomic E-state index is 12.8. The Morgan fingerprint density at radius 1 is 1.29 bits per heavy atom. The molecular formula is C21H25N5OS. The van der Waals surface area contributed by atoms with Gasteiger partial charge in [-0.3, -0.25) is 4.79 Å². The van der Waals surface area contributed by atoms with Crippen molar-refractivity contribution in [2.75, 3.05) is 12.8 Å². The number of thioether (sulfide) groups is 1. The van der Waals surface area contributed by atoms with Gasteiger partial charge in [0.05, 0.1) is 17.5 Å². The van der Waals surface area contributed by atoms with E-state index in [4.69, 9.17) is 4.98 Å². The number of carbonyl (C=O) groups excluding carboxylic acids is 1. The molecule has 6 nitrogen and oxygen atoms in total. The van der Waals surface area contributed by atoms with Gasteiger partial charge in [0.2, 0.25) is 11.1 Å². The molecular weight excluding hydrogens is 370 g/mol. The van der Waals surface area contributed by atoms with Gasteiger partial charge in [-0.15, -0.1) is 5.10 Å². The van der Waals surface area contributed by atoms with E-state index in [9.17, 15) is 10.1 Å². The monoisotopic (exact) mass is 395 g/mol. The van der Waals surface area contributed by atoms with Gasteiger partial charge in [-0.1, -0.05) is 49.2 Å². The van der Waals surface area contributed by atoms with Crippen molar-refractivity contribution in [3.05, 3.63) is 36.2 Å². The fourth-order valence-corrected chi connectivity index (χ4v) is 4.59. The standard InChI is InChI=1S/C21H25N5OS/c1-25(21(15-22)12-6-3-7-13-21)18(27)14-28-20-23-19(16-10-11-16)26(24-20)17-8-4-2-5-9-17/h2,4-5,8-9,16H,3,6-7,10-14H2,1H3. The van der Waals surface area contributed by atoms with Crippen molar-refractivity contribution < 1.29 is 4.79 Å². The summed E-state index contributed by atoms with van der Waals surface area (Å²) in [6.45, 7) is 0. The number of hydrogen-bond donors (Lipinski definition) is 0. The van der Waals surface area contributed by atoms with Gasteiger partial charge in [0, 0.05) is 13.0 Å². The second-order valence-electron chi connectivity index (χ2n) is 7.72. The fourth-order valence-electron chi connectivity index (χ4n) is 3.85. The number of aromatic nitrogens is 3. The Hall–Kier alpha value is -2.33. The van der Waals surface area contributed by atoms with Crippen molar-refractivity contribution in [2.45, 2.75) is 61.6 Å². The highest BCUT2D eigenvalue weighted by molar-refractivity contribution is 7.99. The Bertz CT molecular complexity index is 878. The molecule has 2 aromatic rings. The number of carbonyl (C=O) groups is 1. The SMILES string of the molecule is CN(C(=O)CSc1nc(C2CC2)n(-c2ccccc2)n1)C1(C#N)CCCCC1. The highest BCUT2D eigenvalue weighted by atomic mass is 32.2. The van der Waals surface area contributed by atoms with E-state index in [1.807, 2.05) is 35.0 Å². The van der Waals surface area contributed by atoms with Crippen LogP contribution >= 0.6 is 11.8 Å². The molecule has 0 atom stereocenters. The molecule has 2 aliphatic rings. The van der Waals surface area contributed by atoms with E-state index in [0.29, 0.717) is 11.1 Å². The second-order valence-corrected chi connectivity index (χ2v) is 8.66. The highest BCUT2D eigenvalue weighted by Crippen LogP contribution is 2.40.